The number of nitrogens with zero attached hydrogens (tertiary/aromatic N) is 2. The largest absolute Gasteiger partial charge is 0.321 e. The van der Waals surface area contributed by atoms with Crippen molar-refractivity contribution in [3.63, 3.8) is 0 Å². The monoisotopic (exact) mass is 264 g/mol. The zero-order valence-electron chi connectivity index (χ0n) is 11.6. The summed E-state index contributed by atoms with van der Waals surface area (Å²) >= 11 is 6.09. The Morgan fingerprint density at radius 1 is 1.28 bits per heavy atom. The van der Waals surface area contributed by atoms with E-state index in [4.69, 9.17) is 11.6 Å². The van der Waals surface area contributed by atoms with E-state index in [1.54, 1.807) is 0 Å². The highest BCUT2D eigenvalue weighted by Crippen LogP contribution is 2.33. The number of fused-ring (bicyclic) bond motifs is 1. The number of benzene rings is 1. The highest BCUT2D eigenvalue weighted by Gasteiger charge is 2.27. The van der Waals surface area contributed by atoms with Gasteiger partial charge in [0.15, 0.2) is 0 Å². The van der Waals surface area contributed by atoms with Gasteiger partial charge in [-0.1, -0.05) is 26.0 Å². The summed E-state index contributed by atoms with van der Waals surface area (Å²) in [5, 5.41) is 0. The van der Waals surface area contributed by atoms with Crippen LogP contribution < -0.4 is 0 Å². The molecule has 0 aliphatic carbocycles. The fourth-order valence-corrected chi connectivity index (χ4v) is 2.76. The third-order valence-electron chi connectivity index (χ3n) is 4.13. The van der Waals surface area contributed by atoms with Crippen molar-refractivity contribution < 1.29 is 0 Å². The summed E-state index contributed by atoms with van der Waals surface area (Å²) in [6.07, 6.45) is 2.15. The average molecular weight is 265 g/mol. The molecule has 2 aromatic rings. The number of hydrogen-bond donors (Lipinski definition) is 0. The third-order valence-corrected chi connectivity index (χ3v) is 4.37. The minimum absolute atomic E-state index is 0.0884. The van der Waals surface area contributed by atoms with Gasteiger partial charge in [0.25, 0.3) is 0 Å². The molecule has 98 valence electrons. The predicted octanol–water partition coefficient (Wildman–Crippen LogP) is 4.62. The average Bonchev–Trinajstić information content (AvgIpc) is 2.78. The maximum atomic E-state index is 6.09. The molecule has 0 aliphatic rings. The summed E-state index contributed by atoms with van der Waals surface area (Å²) < 4.78 is 2.35. The van der Waals surface area contributed by atoms with Crippen LogP contribution >= 0.6 is 11.6 Å². The number of aryl methyl sites for hydroxylation is 1. The molecule has 0 unspecified atom stereocenters. The van der Waals surface area contributed by atoms with Crippen molar-refractivity contribution in [1.82, 2.24) is 9.55 Å². The quantitative estimate of drug-likeness (QED) is 0.737. The van der Waals surface area contributed by atoms with Crippen molar-refractivity contribution in [3.05, 3.63) is 29.6 Å². The zero-order valence-corrected chi connectivity index (χ0v) is 12.4. The highest BCUT2D eigenvalue weighted by atomic mass is 35.5. The Labute approximate surface area is 114 Å². The van der Waals surface area contributed by atoms with E-state index in [1.807, 2.05) is 0 Å². The van der Waals surface area contributed by atoms with Crippen LogP contribution in [0, 0.1) is 6.92 Å². The van der Waals surface area contributed by atoms with E-state index in [0.717, 1.165) is 24.2 Å². The third kappa shape index (κ3) is 1.93. The van der Waals surface area contributed by atoms with Crippen molar-refractivity contribution in [3.8, 4) is 0 Å². The highest BCUT2D eigenvalue weighted by molar-refractivity contribution is 6.16. The van der Waals surface area contributed by atoms with Gasteiger partial charge in [-0.3, -0.25) is 0 Å². The molecule has 0 N–H and O–H groups in total. The Bertz CT molecular complexity index is 553. The van der Waals surface area contributed by atoms with Gasteiger partial charge in [0, 0.05) is 5.54 Å². The van der Waals surface area contributed by atoms with E-state index < -0.39 is 0 Å². The number of halogens is 1. The molecule has 1 heterocycles. The Morgan fingerprint density at radius 2 is 1.94 bits per heavy atom. The fourth-order valence-electron chi connectivity index (χ4n) is 2.58. The van der Waals surface area contributed by atoms with Crippen LogP contribution in [0.5, 0.6) is 0 Å². The molecule has 0 saturated heterocycles. The Kier molecular flexibility index (Phi) is 3.67. The zero-order chi connectivity index (χ0) is 13.3. The van der Waals surface area contributed by atoms with Crippen LogP contribution in [0.3, 0.4) is 0 Å². The van der Waals surface area contributed by atoms with Crippen molar-refractivity contribution in [2.75, 3.05) is 0 Å². The van der Waals surface area contributed by atoms with Gasteiger partial charge in [0.05, 0.1) is 16.9 Å². The maximum Gasteiger partial charge on any atom is 0.125 e. The molecule has 1 aromatic carbocycles. The van der Waals surface area contributed by atoms with E-state index in [1.165, 1.54) is 11.1 Å². The van der Waals surface area contributed by atoms with Crippen LogP contribution in [0.15, 0.2) is 18.2 Å². The fraction of sp³-hybridized carbons (Fsp3) is 0.533. The molecule has 0 spiro atoms. The van der Waals surface area contributed by atoms with Crippen molar-refractivity contribution in [2.45, 2.75) is 52.0 Å². The number of hydrogen-bond acceptors (Lipinski definition) is 1. The summed E-state index contributed by atoms with van der Waals surface area (Å²) in [5.74, 6) is 1.44. The lowest BCUT2D eigenvalue weighted by atomic mass is 9.94. The molecule has 18 heavy (non-hydrogen) atoms. The molecule has 0 radical (unpaired) electrons. The van der Waals surface area contributed by atoms with Crippen molar-refractivity contribution in [1.29, 1.82) is 0 Å². The standard InChI is InChI=1S/C15H21ClN2/c1-5-15(4,6-2)18-13(10-16)17-12-9-7-8-11(3)14(12)18/h7-9H,5-6,10H2,1-4H3. The summed E-state index contributed by atoms with van der Waals surface area (Å²) in [7, 11) is 0. The molecule has 0 atom stereocenters. The molecule has 0 amide bonds. The first-order valence-electron chi connectivity index (χ1n) is 6.60. The lowest BCUT2D eigenvalue weighted by Crippen LogP contribution is -2.30. The van der Waals surface area contributed by atoms with E-state index in [2.05, 4.69) is 55.4 Å². The first kappa shape index (κ1) is 13.4. The van der Waals surface area contributed by atoms with Gasteiger partial charge in [-0.05, 0) is 38.3 Å². The molecular weight excluding hydrogens is 244 g/mol. The van der Waals surface area contributed by atoms with Gasteiger partial charge < -0.3 is 4.57 Å². The van der Waals surface area contributed by atoms with E-state index in [-0.39, 0.29) is 5.54 Å². The van der Waals surface area contributed by atoms with Crippen molar-refractivity contribution >= 4 is 22.6 Å². The van der Waals surface area contributed by atoms with Crippen LogP contribution in [0.2, 0.25) is 0 Å². The minimum atomic E-state index is 0.0884. The van der Waals surface area contributed by atoms with Crippen molar-refractivity contribution in [2.24, 2.45) is 0 Å². The summed E-state index contributed by atoms with van der Waals surface area (Å²) in [4.78, 5) is 4.69. The number of imidazole rings is 1. The maximum absolute atomic E-state index is 6.09. The van der Waals surface area contributed by atoms with Gasteiger partial charge in [-0.2, -0.15) is 0 Å². The number of alkyl halides is 1. The first-order chi connectivity index (χ1) is 8.57. The molecule has 2 rings (SSSR count). The van der Waals surface area contributed by atoms with E-state index >= 15 is 0 Å². The molecular formula is C15H21ClN2. The summed E-state index contributed by atoms with van der Waals surface area (Å²) in [5.41, 5.74) is 3.65. The molecule has 0 bridgehead atoms. The predicted molar refractivity (Wildman–Crippen MR) is 78.3 cm³/mol. The van der Waals surface area contributed by atoms with Gasteiger partial charge in [-0.15, -0.1) is 11.6 Å². The van der Waals surface area contributed by atoms with Gasteiger partial charge in [-0.25, -0.2) is 4.98 Å². The second kappa shape index (κ2) is 4.93. The lowest BCUT2D eigenvalue weighted by Gasteiger charge is -2.31. The minimum Gasteiger partial charge on any atom is -0.321 e. The molecule has 3 heteroatoms. The second-order valence-electron chi connectivity index (χ2n) is 5.14. The molecule has 0 fully saturated rings. The van der Waals surface area contributed by atoms with Crippen LogP contribution in [-0.2, 0) is 11.4 Å². The van der Waals surface area contributed by atoms with Gasteiger partial charge in [0.1, 0.15) is 5.82 Å². The smallest absolute Gasteiger partial charge is 0.125 e. The summed E-state index contributed by atoms with van der Waals surface area (Å²) in [6.45, 7) is 8.89. The van der Waals surface area contributed by atoms with Crippen LogP contribution in [0.25, 0.3) is 11.0 Å². The lowest BCUT2D eigenvalue weighted by molar-refractivity contribution is 0.296. The SMILES string of the molecule is CCC(C)(CC)n1c(CCl)nc2cccc(C)c21. The van der Waals surface area contributed by atoms with Crippen LogP contribution in [0.4, 0.5) is 0 Å². The molecule has 2 nitrogen and oxygen atoms in total. The molecule has 1 aromatic heterocycles. The van der Waals surface area contributed by atoms with E-state index in [0.29, 0.717) is 5.88 Å². The topological polar surface area (TPSA) is 17.8 Å². The Balaban J connectivity index is 2.82. The first-order valence-corrected chi connectivity index (χ1v) is 7.14. The molecule has 0 saturated carbocycles. The summed E-state index contributed by atoms with van der Waals surface area (Å²) in [6, 6.07) is 6.27. The Morgan fingerprint density at radius 3 is 2.50 bits per heavy atom. The normalized spacial score (nSPS) is 12.3. The van der Waals surface area contributed by atoms with Crippen LogP contribution in [-0.4, -0.2) is 9.55 Å². The second-order valence-corrected chi connectivity index (χ2v) is 5.41. The van der Waals surface area contributed by atoms with Gasteiger partial charge >= 0.3 is 0 Å². The number of aromatic nitrogens is 2. The molecule has 0 aliphatic heterocycles. The van der Waals surface area contributed by atoms with E-state index in [9.17, 15) is 0 Å². The van der Waals surface area contributed by atoms with Gasteiger partial charge in [0.2, 0.25) is 0 Å². The van der Waals surface area contributed by atoms with Crippen LogP contribution in [0.1, 0.15) is 45.0 Å². The Hall–Kier alpha value is -1.02. The number of rotatable bonds is 4. The number of para-hydroxylation sites is 1.